The van der Waals surface area contributed by atoms with Gasteiger partial charge < -0.3 is 11.1 Å². The van der Waals surface area contributed by atoms with E-state index in [0.29, 0.717) is 17.5 Å². The summed E-state index contributed by atoms with van der Waals surface area (Å²) in [6.07, 6.45) is -1.03. The second kappa shape index (κ2) is 5.41. The van der Waals surface area contributed by atoms with Gasteiger partial charge in [0.25, 0.3) is 0 Å². The van der Waals surface area contributed by atoms with Crippen molar-refractivity contribution < 1.29 is 13.2 Å². The van der Waals surface area contributed by atoms with Crippen LogP contribution < -0.4 is 11.1 Å². The summed E-state index contributed by atoms with van der Waals surface area (Å²) >= 11 is 0. The van der Waals surface area contributed by atoms with E-state index in [1.54, 1.807) is 0 Å². The standard InChI is InChI=1S/C14H19F3N2/c1-9-2-4-12(6-9)19-13-5-3-11(14(15,16)17)7-10(13)8-18/h3,5,7,9,12,19H,2,4,6,8,18H2,1H3. The highest BCUT2D eigenvalue weighted by Gasteiger charge is 2.31. The predicted octanol–water partition coefficient (Wildman–Crippen LogP) is 3.76. The zero-order valence-corrected chi connectivity index (χ0v) is 10.9. The number of halogens is 3. The van der Waals surface area contributed by atoms with Crippen LogP contribution in [0.4, 0.5) is 18.9 Å². The van der Waals surface area contributed by atoms with Crippen molar-refractivity contribution in [3.05, 3.63) is 29.3 Å². The van der Waals surface area contributed by atoms with Crippen LogP contribution in [0.25, 0.3) is 0 Å². The lowest BCUT2D eigenvalue weighted by Crippen LogP contribution is -2.18. The first kappa shape index (κ1) is 14.2. The van der Waals surface area contributed by atoms with Crippen molar-refractivity contribution in [1.82, 2.24) is 0 Å². The highest BCUT2D eigenvalue weighted by molar-refractivity contribution is 5.54. The molecule has 19 heavy (non-hydrogen) atoms. The van der Waals surface area contributed by atoms with Crippen molar-refractivity contribution in [3.8, 4) is 0 Å². The van der Waals surface area contributed by atoms with E-state index in [1.165, 1.54) is 6.07 Å². The summed E-state index contributed by atoms with van der Waals surface area (Å²) < 4.78 is 37.9. The first-order valence-corrected chi connectivity index (χ1v) is 6.57. The highest BCUT2D eigenvalue weighted by atomic mass is 19.4. The first-order valence-electron chi connectivity index (χ1n) is 6.57. The third-order valence-corrected chi connectivity index (χ3v) is 3.71. The second-order valence-electron chi connectivity index (χ2n) is 5.33. The molecule has 0 heterocycles. The Labute approximate surface area is 111 Å². The Kier molecular flexibility index (Phi) is 4.04. The number of anilines is 1. The maximum absolute atomic E-state index is 12.6. The van der Waals surface area contributed by atoms with Crippen molar-refractivity contribution >= 4 is 5.69 Å². The third kappa shape index (κ3) is 3.41. The lowest BCUT2D eigenvalue weighted by atomic mass is 10.1. The molecule has 3 N–H and O–H groups in total. The maximum Gasteiger partial charge on any atom is 0.416 e. The number of nitrogens with one attached hydrogen (secondary N) is 1. The van der Waals surface area contributed by atoms with Crippen LogP contribution in [0.2, 0.25) is 0 Å². The molecule has 106 valence electrons. The number of nitrogens with two attached hydrogens (primary N) is 1. The van der Waals surface area contributed by atoms with Crippen molar-refractivity contribution in [3.63, 3.8) is 0 Å². The Morgan fingerprint density at radius 3 is 2.58 bits per heavy atom. The van der Waals surface area contributed by atoms with Gasteiger partial charge >= 0.3 is 6.18 Å². The van der Waals surface area contributed by atoms with Gasteiger partial charge in [0.2, 0.25) is 0 Å². The zero-order valence-electron chi connectivity index (χ0n) is 10.9. The average Bonchev–Trinajstić information content (AvgIpc) is 2.74. The lowest BCUT2D eigenvalue weighted by Gasteiger charge is -2.18. The van der Waals surface area contributed by atoms with Crippen LogP contribution in [0.3, 0.4) is 0 Å². The van der Waals surface area contributed by atoms with Crippen LogP contribution in [0.1, 0.15) is 37.3 Å². The van der Waals surface area contributed by atoms with E-state index in [9.17, 15) is 13.2 Å². The number of hydrogen-bond acceptors (Lipinski definition) is 2. The molecule has 2 rings (SSSR count). The van der Waals surface area contributed by atoms with E-state index in [1.807, 2.05) is 0 Å². The topological polar surface area (TPSA) is 38.0 Å². The fraction of sp³-hybridized carbons (Fsp3) is 0.571. The van der Waals surface area contributed by atoms with Crippen molar-refractivity contribution in [2.75, 3.05) is 5.32 Å². The molecule has 1 aliphatic rings. The van der Waals surface area contributed by atoms with Gasteiger partial charge in [0.15, 0.2) is 0 Å². The van der Waals surface area contributed by atoms with Gasteiger partial charge in [0.1, 0.15) is 0 Å². The monoisotopic (exact) mass is 272 g/mol. The molecule has 5 heteroatoms. The molecule has 2 unspecified atom stereocenters. The molecule has 2 atom stereocenters. The highest BCUT2D eigenvalue weighted by Crippen LogP contribution is 2.33. The molecular weight excluding hydrogens is 253 g/mol. The van der Waals surface area contributed by atoms with Gasteiger partial charge in [-0.1, -0.05) is 6.92 Å². The minimum atomic E-state index is -4.32. The number of benzene rings is 1. The quantitative estimate of drug-likeness (QED) is 0.879. The summed E-state index contributed by atoms with van der Waals surface area (Å²) in [6.45, 7) is 2.30. The normalized spacial score (nSPS) is 23.6. The summed E-state index contributed by atoms with van der Waals surface area (Å²) in [6, 6.07) is 4.09. The minimum Gasteiger partial charge on any atom is -0.382 e. The number of hydrogen-bond donors (Lipinski definition) is 2. The SMILES string of the molecule is CC1CCC(Nc2ccc(C(F)(F)F)cc2CN)C1. The van der Waals surface area contributed by atoms with Gasteiger partial charge in [0, 0.05) is 18.3 Å². The van der Waals surface area contributed by atoms with Crippen LogP contribution in [0, 0.1) is 5.92 Å². The van der Waals surface area contributed by atoms with Gasteiger partial charge in [-0.2, -0.15) is 13.2 Å². The van der Waals surface area contributed by atoms with Crippen LogP contribution in [-0.2, 0) is 12.7 Å². The summed E-state index contributed by atoms with van der Waals surface area (Å²) in [5.41, 5.74) is 6.17. The van der Waals surface area contributed by atoms with E-state index < -0.39 is 11.7 Å². The fourth-order valence-corrected chi connectivity index (χ4v) is 2.64. The summed E-state index contributed by atoms with van der Waals surface area (Å²) in [7, 11) is 0. The smallest absolute Gasteiger partial charge is 0.382 e. The Balaban J connectivity index is 2.17. The van der Waals surface area contributed by atoms with Crippen molar-refractivity contribution in [2.24, 2.45) is 11.7 Å². The van der Waals surface area contributed by atoms with Crippen LogP contribution in [-0.4, -0.2) is 6.04 Å². The Morgan fingerprint density at radius 1 is 1.32 bits per heavy atom. The van der Waals surface area contributed by atoms with Gasteiger partial charge in [0.05, 0.1) is 5.56 Å². The largest absolute Gasteiger partial charge is 0.416 e. The minimum absolute atomic E-state index is 0.106. The van der Waals surface area contributed by atoms with Crippen LogP contribution in [0.5, 0.6) is 0 Å². The molecule has 0 aromatic heterocycles. The van der Waals surface area contributed by atoms with E-state index in [4.69, 9.17) is 5.73 Å². The first-order chi connectivity index (χ1) is 8.90. The van der Waals surface area contributed by atoms with Gasteiger partial charge in [-0.15, -0.1) is 0 Å². The van der Waals surface area contributed by atoms with E-state index in [0.717, 1.165) is 37.1 Å². The zero-order chi connectivity index (χ0) is 14.0. The number of rotatable bonds is 3. The van der Waals surface area contributed by atoms with Crippen molar-refractivity contribution in [2.45, 2.75) is 44.9 Å². The fourth-order valence-electron chi connectivity index (χ4n) is 2.64. The Morgan fingerprint density at radius 2 is 2.05 bits per heavy atom. The van der Waals surface area contributed by atoms with Gasteiger partial charge in [-0.3, -0.25) is 0 Å². The second-order valence-corrected chi connectivity index (χ2v) is 5.33. The molecule has 1 aromatic rings. The average molecular weight is 272 g/mol. The summed E-state index contributed by atoms with van der Waals surface area (Å²) in [5.74, 6) is 0.674. The van der Waals surface area contributed by atoms with E-state index >= 15 is 0 Å². The van der Waals surface area contributed by atoms with Crippen LogP contribution in [0.15, 0.2) is 18.2 Å². The van der Waals surface area contributed by atoms with Gasteiger partial charge in [-0.25, -0.2) is 0 Å². The molecule has 1 saturated carbocycles. The maximum atomic E-state index is 12.6. The molecule has 0 radical (unpaired) electrons. The molecule has 1 fully saturated rings. The molecule has 0 amide bonds. The van der Waals surface area contributed by atoms with Crippen molar-refractivity contribution in [1.29, 1.82) is 0 Å². The molecule has 0 saturated heterocycles. The molecular formula is C14H19F3N2. The lowest BCUT2D eigenvalue weighted by molar-refractivity contribution is -0.137. The number of alkyl halides is 3. The third-order valence-electron chi connectivity index (χ3n) is 3.71. The van der Waals surface area contributed by atoms with E-state index in [2.05, 4.69) is 12.2 Å². The molecule has 0 spiro atoms. The molecule has 0 bridgehead atoms. The van der Waals surface area contributed by atoms with Crippen LogP contribution >= 0.6 is 0 Å². The molecule has 1 aliphatic carbocycles. The van der Waals surface area contributed by atoms with Gasteiger partial charge in [-0.05, 0) is 48.9 Å². The molecule has 2 nitrogen and oxygen atoms in total. The molecule has 1 aromatic carbocycles. The molecule has 0 aliphatic heterocycles. The summed E-state index contributed by atoms with van der Waals surface area (Å²) in [4.78, 5) is 0. The summed E-state index contributed by atoms with van der Waals surface area (Å²) in [5, 5.41) is 3.32. The Hall–Kier alpha value is -1.23. The Bertz CT molecular complexity index is 443. The van der Waals surface area contributed by atoms with E-state index in [-0.39, 0.29) is 6.54 Å². The predicted molar refractivity (Wildman–Crippen MR) is 69.8 cm³/mol.